The van der Waals surface area contributed by atoms with E-state index in [9.17, 15) is 19.5 Å². The predicted molar refractivity (Wildman–Crippen MR) is 145 cm³/mol. The highest BCUT2D eigenvalue weighted by molar-refractivity contribution is 8.01. The van der Waals surface area contributed by atoms with Crippen LogP contribution in [0.5, 0.6) is 0 Å². The lowest BCUT2D eigenvalue weighted by Crippen LogP contribution is -2.71. The number of carboxylic acid groups (broad SMARTS) is 1. The number of hydrogen-bond acceptors (Lipinski definition) is 13. The van der Waals surface area contributed by atoms with Gasteiger partial charge in [0, 0.05) is 17.7 Å². The van der Waals surface area contributed by atoms with Gasteiger partial charge in [-0.15, -0.1) is 22.0 Å². The quantitative estimate of drug-likeness (QED) is 0.135. The minimum atomic E-state index is -1.21. The Labute approximate surface area is 233 Å². The van der Waals surface area contributed by atoms with Gasteiger partial charge in [0.15, 0.2) is 10.2 Å². The number of oxime groups is 1. The molecule has 200 valence electrons. The third kappa shape index (κ3) is 5.86. The normalized spacial score (nSPS) is 18.8. The Kier molecular flexibility index (Phi) is 8.04. The standard InChI is InChI=1S/C23H20N8O5S3/c24-14-6-7-25-18(27-14)15(30-36-8-12-4-2-1-3-5-12)19(32)28-16-20(33)31-17(22(34)35)13(9-37-21(16)31)10-38-23-29-26-11-39-23/h1-7,11,16,21H,8-10H2,(H,28,32)(H,34,35)(H2,24,25,27)/t16?,21-/m1/s1. The van der Waals surface area contributed by atoms with Crippen molar-refractivity contribution < 1.29 is 24.3 Å². The zero-order valence-electron chi connectivity index (χ0n) is 20.0. The average Bonchev–Trinajstić information content (AvgIpc) is 3.46. The van der Waals surface area contributed by atoms with E-state index in [1.807, 2.05) is 30.3 Å². The molecule has 1 aromatic carbocycles. The molecule has 5 rings (SSSR count). The van der Waals surface area contributed by atoms with Crippen molar-refractivity contribution >= 4 is 64.2 Å². The maximum atomic E-state index is 13.3. The summed E-state index contributed by atoms with van der Waals surface area (Å²) >= 11 is 4.06. The first-order chi connectivity index (χ1) is 18.9. The van der Waals surface area contributed by atoms with E-state index in [1.165, 1.54) is 52.0 Å². The summed E-state index contributed by atoms with van der Waals surface area (Å²) in [5, 5.41) is 23.6. The number of amides is 2. The van der Waals surface area contributed by atoms with E-state index in [0.717, 1.165) is 5.56 Å². The minimum absolute atomic E-state index is 0.0782. The van der Waals surface area contributed by atoms with Crippen LogP contribution in [0.1, 0.15) is 11.4 Å². The fourth-order valence-electron chi connectivity index (χ4n) is 3.79. The first-order valence-electron chi connectivity index (χ1n) is 11.3. The molecule has 16 heteroatoms. The Balaban J connectivity index is 1.31. The lowest BCUT2D eigenvalue weighted by molar-refractivity contribution is -0.150. The summed E-state index contributed by atoms with van der Waals surface area (Å²) in [6.07, 6.45) is 1.37. The van der Waals surface area contributed by atoms with Gasteiger partial charge in [0.05, 0.1) is 0 Å². The number of carbonyl (C=O) groups excluding carboxylic acids is 2. The van der Waals surface area contributed by atoms with Crippen LogP contribution in [0.15, 0.2) is 68.9 Å². The number of nitrogens with two attached hydrogens (primary N) is 1. The fraction of sp³-hybridized carbons (Fsp3) is 0.217. The summed E-state index contributed by atoms with van der Waals surface area (Å²) in [5.41, 5.74) is 8.42. The number of benzene rings is 1. The van der Waals surface area contributed by atoms with Crippen LogP contribution in [0.2, 0.25) is 0 Å². The van der Waals surface area contributed by atoms with Crippen LogP contribution < -0.4 is 11.1 Å². The maximum Gasteiger partial charge on any atom is 0.352 e. The van der Waals surface area contributed by atoms with Crippen LogP contribution in [0.4, 0.5) is 5.82 Å². The summed E-state index contributed by atoms with van der Waals surface area (Å²) in [6.45, 7) is 0.0825. The molecule has 2 aliphatic rings. The number of nitrogen functional groups attached to an aromatic ring is 1. The first kappa shape index (κ1) is 26.6. The van der Waals surface area contributed by atoms with E-state index in [-0.39, 0.29) is 29.7 Å². The van der Waals surface area contributed by atoms with Gasteiger partial charge in [0.2, 0.25) is 5.71 Å². The number of nitrogens with one attached hydrogen (secondary N) is 1. The average molecular weight is 585 g/mol. The third-order valence-electron chi connectivity index (χ3n) is 5.58. The largest absolute Gasteiger partial charge is 0.477 e. The number of β-lactam (4-membered cyclic amide) rings is 1. The van der Waals surface area contributed by atoms with Crippen LogP contribution >= 0.6 is 34.9 Å². The molecule has 39 heavy (non-hydrogen) atoms. The van der Waals surface area contributed by atoms with Gasteiger partial charge in [-0.05, 0) is 17.2 Å². The second-order valence-corrected chi connectivity index (χ2v) is 11.3. The second kappa shape index (κ2) is 11.8. The highest BCUT2D eigenvalue weighted by atomic mass is 32.2. The van der Waals surface area contributed by atoms with Gasteiger partial charge in [0.1, 0.15) is 35.0 Å². The summed E-state index contributed by atoms with van der Waals surface area (Å²) in [5.74, 6) is -1.76. The van der Waals surface area contributed by atoms with Gasteiger partial charge in [-0.3, -0.25) is 14.5 Å². The lowest BCUT2D eigenvalue weighted by atomic mass is 10.0. The minimum Gasteiger partial charge on any atom is -0.477 e. The Bertz CT molecular complexity index is 1450. The molecule has 0 saturated carbocycles. The molecule has 2 aliphatic heterocycles. The molecule has 0 spiro atoms. The van der Waals surface area contributed by atoms with Crippen molar-refractivity contribution in [2.75, 3.05) is 17.2 Å². The Hall–Kier alpha value is -4.02. The molecule has 13 nitrogen and oxygen atoms in total. The molecule has 4 heterocycles. The third-order valence-corrected chi connectivity index (χ3v) is 8.87. The SMILES string of the molecule is Nc1ccnc(C(=NOCc2ccccc2)C(=O)NC2C(=O)N3C(C(=O)O)=C(CSc4nncs4)CS[C@H]23)n1. The highest BCUT2D eigenvalue weighted by Crippen LogP contribution is 2.41. The molecule has 0 bridgehead atoms. The fourth-order valence-corrected chi connectivity index (χ4v) is 6.77. The smallest absolute Gasteiger partial charge is 0.352 e. The zero-order valence-corrected chi connectivity index (χ0v) is 22.4. The number of rotatable bonds is 10. The van der Waals surface area contributed by atoms with Crippen molar-refractivity contribution in [3.05, 3.63) is 70.8 Å². The summed E-state index contributed by atoms with van der Waals surface area (Å²) in [4.78, 5) is 53.2. The number of anilines is 1. The van der Waals surface area contributed by atoms with Crippen LogP contribution in [0.3, 0.4) is 0 Å². The van der Waals surface area contributed by atoms with Gasteiger partial charge in [-0.1, -0.05) is 58.6 Å². The van der Waals surface area contributed by atoms with Crippen LogP contribution in [-0.2, 0) is 25.8 Å². The van der Waals surface area contributed by atoms with E-state index < -0.39 is 29.2 Å². The summed E-state index contributed by atoms with van der Waals surface area (Å²) in [6, 6.07) is 9.69. The second-order valence-electron chi connectivity index (χ2n) is 8.12. The molecule has 0 aliphatic carbocycles. The van der Waals surface area contributed by atoms with E-state index in [4.69, 9.17) is 10.6 Å². The van der Waals surface area contributed by atoms with Crippen molar-refractivity contribution in [2.24, 2.45) is 5.16 Å². The van der Waals surface area contributed by atoms with Crippen molar-refractivity contribution in [3.63, 3.8) is 0 Å². The number of hydrogen-bond donors (Lipinski definition) is 3. The van der Waals surface area contributed by atoms with E-state index in [2.05, 4.69) is 30.6 Å². The number of carbonyl (C=O) groups is 3. The van der Waals surface area contributed by atoms with Gasteiger partial charge < -0.3 is 21.0 Å². The monoisotopic (exact) mass is 584 g/mol. The predicted octanol–water partition coefficient (Wildman–Crippen LogP) is 1.36. The van der Waals surface area contributed by atoms with Crippen molar-refractivity contribution in [2.45, 2.75) is 22.4 Å². The van der Waals surface area contributed by atoms with Crippen LogP contribution in [-0.4, -0.2) is 76.6 Å². The number of aromatic nitrogens is 4. The molecule has 4 N–H and O–H groups in total. The highest BCUT2D eigenvalue weighted by Gasteiger charge is 2.54. The molecular formula is C23H20N8O5S3. The van der Waals surface area contributed by atoms with Crippen LogP contribution in [0.25, 0.3) is 0 Å². The molecule has 1 unspecified atom stereocenters. The van der Waals surface area contributed by atoms with Gasteiger partial charge in [-0.2, -0.15) is 0 Å². The Morgan fingerprint density at radius 3 is 2.82 bits per heavy atom. The number of thioether (sulfide) groups is 2. The molecule has 2 atom stereocenters. The summed E-state index contributed by atoms with van der Waals surface area (Å²) < 4.78 is 0.699. The Morgan fingerprint density at radius 2 is 2.10 bits per heavy atom. The van der Waals surface area contributed by atoms with Gasteiger partial charge >= 0.3 is 5.97 Å². The first-order valence-corrected chi connectivity index (χ1v) is 14.3. The Morgan fingerprint density at radius 1 is 1.28 bits per heavy atom. The molecule has 3 aromatic rings. The molecule has 2 aromatic heterocycles. The van der Waals surface area contributed by atoms with Gasteiger partial charge in [0.25, 0.3) is 11.8 Å². The van der Waals surface area contributed by atoms with Crippen molar-refractivity contribution in [1.82, 2.24) is 30.4 Å². The number of aliphatic carboxylic acids is 1. The van der Waals surface area contributed by atoms with Crippen molar-refractivity contribution in [1.29, 1.82) is 0 Å². The lowest BCUT2D eigenvalue weighted by Gasteiger charge is -2.49. The molecule has 1 fully saturated rings. The zero-order chi connectivity index (χ0) is 27.4. The van der Waals surface area contributed by atoms with Gasteiger partial charge in [-0.25, -0.2) is 14.8 Å². The molecule has 1 saturated heterocycles. The molecule has 0 radical (unpaired) electrons. The number of fused-ring (bicyclic) bond motifs is 1. The van der Waals surface area contributed by atoms with E-state index in [1.54, 1.807) is 5.51 Å². The maximum absolute atomic E-state index is 13.3. The number of carboxylic acids is 1. The molecular weight excluding hydrogens is 565 g/mol. The molecule has 2 amide bonds. The summed E-state index contributed by atoms with van der Waals surface area (Å²) in [7, 11) is 0. The topological polar surface area (TPSA) is 186 Å². The van der Waals surface area contributed by atoms with Crippen LogP contribution in [0, 0.1) is 0 Å². The van der Waals surface area contributed by atoms with Crippen molar-refractivity contribution in [3.8, 4) is 0 Å². The van der Waals surface area contributed by atoms with E-state index >= 15 is 0 Å². The number of nitrogens with zero attached hydrogens (tertiary/aromatic N) is 6. The van der Waals surface area contributed by atoms with E-state index in [0.29, 0.717) is 21.4 Å².